The fourth-order valence-electron chi connectivity index (χ4n) is 3.32. The highest BCUT2D eigenvalue weighted by Gasteiger charge is 2.28. The minimum atomic E-state index is -0.343. The van der Waals surface area contributed by atoms with Crippen LogP contribution in [0.3, 0.4) is 0 Å². The Bertz CT molecular complexity index is 880. The number of nitrogens with zero attached hydrogens (tertiary/aromatic N) is 1. The summed E-state index contributed by atoms with van der Waals surface area (Å²) in [7, 11) is 3.71. The molecule has 3 rings (SSSR count). The van der Waals surface area contributed by atoms with Gasteiger partial charge in [0.2, 0.25) is 5.91 Å². The predicted molar refractivity (Wildman–Crippen MR) is 122 cm³/mol. The first-order valence-electron chi connectivity index (χ1n) is 10.1. The van der Waals surface area contributed by atoms with E-state index in [4.69, 9.17) is 9.47 Å². The van der Waals surface area contributed by atoms with E-state index < -0.39 is 0 Å². The van der Waals surface area contributed by atoms with Crippen LogP contribution in [0.15, 0.2) is 29.2 Å². The van der Waals surface area contributed by atoms with Crippen molar-refractivity contribution in [1.29, 1.82) is 0 Å². The number of thioether (sulfide) groups is 1. The van der Waals surface area contributed by atoms with Crippen LogP contribution >= 0.6 is 23.1 Å². The molecule has 0 saturated heterocycles. The van der Waals surface area contributed by atoms with E-state index >= 15 is 0 Å². The van der Waals surface area contributed by atoms with Gasteiger partial charge in [-0.15, -0.1) is 23.1 Å². The van der Waals surface area contributed by atoms with Gasteiger partial charge in [0.05, 0.1) is 19.3 Å². The van der Waals surface area contributed by atoms with E-state index in [1.807, 2.05) is 24.3 Å². The topological polar surface area (TPSA) is 67.9 Å². The number of thiophene rings is 1. The second kappa shape index (κ2) is 10.8. The first-order chi connectivity index (χ1) is 14.5. The van der Waals surface area contributed by atoms with E-state index in [0.717, 1.165) is 52.8 Å². The number of likely N-dealkylation sites (N-methyl/N-ethyl adjacent to an activating group) is 1. The normalized spacial score (nSPS) is 13.6. The molecule has 2 aromatic rings. The lowest BCUT2D eigenvalue weighted by atomic mass is 10.0. The fraction of sp³-hybridized carbons (Fsp3) is 0.455. The first kappa shape index (κ1) is 22.7. The van der Waals surface area contributed by atoms with Gasteiger partial charge >= 0.3 is 5.97 Å². The highest BCUT2D eigenvalue weighted by Crippen LogP contribution is 2.37. The SMILES string of the molecule is CCOC(=O)c1c(NC(=O)CCCSc2ccc(OC)cc2)sc2c1CCN(C)C2. The van der Waals surface area contributed by atoms with Gasteiger partial charge in [-0.25, -0.2) is 4.79 Å². The summed E-state index contributed by atoms with van der Waals surface area (Å²) in [6.45, 7) is 3.80. The summed E-state index contributed by atoms with van der Waals surface area (Å²) in [5.41, 5.74) is 1.58. The Balaban J connectivity index is 1.56. The van der Waals surface area contributed by atoms with E-state index in [1.54, 1.807) is 25.8 Å². The summed E-state index contributed by atoms with van der Waals surface area (Å²) in [6.07, 6.45) is 1.96. The van der Waals surface area contributed by atoms with E-state index in [-0.39, 0.29) is 11.9 Å². The molecular formula is C22H28N2O4S2. The minimum Gasteiger partial charge on any atom is -0.497 e. The Morgan fingerprint density at radius 2 is 2.03 bits per heavy atom. The molecule has 8 heteroatoms. The van der Waals surface area contributed by atoms with Crippen LogP contribution in [0.2, 0.25) is 0 Å². The number of fused-ring (bicyclic) bond motifs is 1. The number of carbonyl (C=O) groups excluding carboxylic acids is 2. The summed E-state index contributed by atoms with van der Waals surface area (Å²) in [4.78, 5) is 29.6. The van der Waals surface area contributed by atoms with Crippen molar-refractivity contribution in [3.05, 3.63) is 40.3 Å². The minimum absolute atomic E-state index is 0.0668. The van der Waals surface area contributed by atoms with Gasteiger partial charge in [-0.05, 0) is 62.4 Å². The van der Waals surface area contributed by atoms with Gasteiger partial charge in [0.25, 0.3) is 0 Å². The molecule has 1 N–H and O–H groups in total. The molecule has 1 aliphatic rings. The van der Waals surface area contributed by atoms with Crippen molar-refractivity contribution in [3.63, 3.8) is 0 Å². The Hall–Kier alpha value is -2.03. The average Bonchev–Trinajstić information content (AvgIpc) is 3.08. The molecule has 1 aromatic carbocycles. The molecule has 6 nitrogen and oxygen atoms in total. The van der Waals surface area contributed by atoms with E-state index in [2.05, 4.69) is 17.3 Å². The van der Waals surface area contributed by atoms with Crippen LogP contribution in [0.4, 0.5) is 5.00 Å². The Labute approximate surface area is 185 Å². The molecule has 0 spiro atoms. The largest absolute Gasteiger partial charge is 0.497 e. The van der Waals surface area contributed by atoms with Crippen LogP contribution < -0.4 is 10.1 Å². The van der Waals surface area contributed by atoms with Gasteiger partial charge in [-0.2, -0.15) is 0 Å². The van der Waals surface area contributed by atoms with Crippen LogP contribution in [0.25, 0.3) is 0 Å². The zero-order chi connectivity index (χ0) is 21.5. The number of carbonyl (C=O) groups is 2. The van der Waals surface area contributed by atoms with Crippen molar-refractivity contribution in [3.8, 4) is 5.75 Å². The van der Waals surface area contributed by atoms with Crippen LogP contribution in [0.5, 0.6) is 5.75 Å². The zero-order valence-electron chi connectivity index (χ0n) is 17.7. The van der Waals surface area contributed by atoms with Gasteiger partial charge in [-0.3, -0.25) is 4.79 Å². The van der Waals surface area contributed by atoms with Crippen LogP contribution in [-0.2, 0) is 22.5 Å². The second-order valence-corrected chi connectivity index (χ2v) is 9.37. The van der Waals surface area contributed by atoms with Crippen molar-refractivity contribution >= 4 is 40.0 Å². The quantitative estimate of drug-likeness (QED) is 0.348. The maximum Gasteiger partial charge on any atom is 0.341 e. The third-order valence-electron chi connectivity index (χ3n) is 4.86. The smallest absolute Gasteiger partial charge is 0.341 e. The molecule has 0 fully saturated rings. The third-order valence-corrected chi connectivity index (χ3v) is 7.09. The lowest BCUT2D eigenvalue weighted by Crippen LogP contribution is -2.26. The number of methoxy groups -OCH3 is 1. The predicted octanol–water partition coefficient (Wildman–Crippen LogP) is 4.43. The second-order valence-electron chi connectivity index (χ2n) is 7.09. The van der Waals surface area contributed by atoms with Gasteiger partial charge in [-0.1, -0.05) is 0 Å². The van der Waals surface area contributed by atoms with Gasteiger partial charge in [0, 0.05) is 29.3 Å². The number of rotatable bonds is 9. The van der Waals surface area contributed by atoms with Crippen molar-refractivity contribution in [2.75, 3.05) is 38.4 Å². The molecule has 0 aliphatic carbocycles. The number of nitrogens with one attached hydrogen (secondary N) is 1. The molecular weight excluding hydrogens is 420 g/mol. The Morgan fingerprint density at radius 1 is 1.27 bits per heavy atom. The van der Waals surface area contributed by atoms with Crippen LogP contribution in [0, 0.1) is 0 Å². The summed E-state index contributed by atoms with van der Waals surface area (Å²) in [6, 6.07) is 7.90. The fourth-order valence-corrected chi connectivity index (χ4v) is 5.51. The van der Waals surface area contributed by atoms with Crippen molar-refractivity contribution in [2.45, 2.75) is 37.6 Å². The molecule has 0 atom stereocenters. The number of benzene rings is 1. The number of esters is 1. The Kier molecular flexibility index (Phi) is 8.18. The number of ether oxygens (including phenoxy) is 2. The molecule has 0 unspecified atom stereocenters. The van der Waals surface area contributed by atoms with Gasteiger partial charge in [0.1, 0.15) is 10.8 Å². The molecule has 2 heterocycles. The summed E-state index contributed by atoms with van der Waals surface area (Å²) >= 11 is 3.21. The standard InChI is InChI=1S/C22H28N2O4S2/c1-4-28-22(26)20-17-11-12-24(2)14-18(17)30-21(20)23-19(25)6-5-13-29-16-9-7-15(27-3)8-10-16/h7-10H,4-6,11-14H2,1-3H3,(H,23,25). The van der Waals surface area contributed by atoms with Crippen molar-refractivity contribution < 1.29 is 19.1 Å². The van der Waals surface area contributed by atoms with Gasteiger partial charge in [0.15, 0.2) is 0 Å². The summed E-state index contributed by atoms with van der Waals surface area (Å²) in [5.74, 6) is 1.27. The third kappa shape index (κ3) is 5.77. The zero-order valence-corrected chi connectivity index (χ0v) is 19.3. The summed E-state index contributed by atoms with van der Waals surface area (Å²) in [5, 5.41) is 3.60. The lowest BCUT2D eigenvalue weighted by molar-refractivity contribution is -0.116. The molecule has 1 aliphatic heterocycles. The highest BCUT2D eigenvalue weighted by molar-refractivity contribution is 7.99. The monoisotopic (exact) mass is 448 g/mol. The molecule has 162 valence electrons. The lowest BCUT2D eigenvalue weighted by Gasteiger charge is -2.22. The van der Waals surface area contributed by atoms with Crippen LogP contribution in [-0.4, -0.2) is 49.8 Å². The number of amides is 1. The number of anilines is 1. The van der Waals surface area contributed by atoms with Gasteiger partial charge < -0.3 is 19.7 Å². The highest BCUT2D eigenvalue weighted by atomic mass is 32.2. The maximum atomic E-state index is 12.5. The molecule has 30 heavy (non-hydrogen) atoms. The number of hydrogen-bond acceptors (Lipinski definition) is 7. The Morgan fingerprint density at radius 3 is 2.73 bits per heavy atom. The molecule has 1 aromatic heterocycles. The summed E-state index contributed by atoms with van der Waals surface area (Å²) < 4.78 is 10.4. The van der Waals surface area contributed by atoms with E-state index in [9.17, 15) is 9.59 Å². The molecule has 0 saturated carbocycles. The maximum absolute atomic E-state index is 12.5. The molecule has 0 radical (unpaired) electrons. The van der Waals surface area contributed by atoms with Crippen molar-refractivity contribution in [1.82, 2.24) is 4.90 Å². The van der Waals surface area contributed by atoms with E-state index in [1.165, 1.54) is 11.3 Å². The van der Waals surface area contributed by atoms with Crippen LogP contribution in [0.1, 0.15) is 40.6 Å². The number of hydrogen-bond donors (Lipinski definition) is 1. The van der Waals surface area contributed by atoms with E-state index in [0.29, 0.717) is 23.6 Å². The molecule has 0 bridgehead atoms. The average molecular weight is 449 g/mol. The molecule has 1 amide bonds. The first-order valence-corrected chi connectivity index (χ1v) is 11.9. The van der Waals surface area contributed by atoms with Crippen molar-refractivity contribution in [2.24, 2.45) is 0 Å².